The summed E-state index contributed by atoms with van der Waals surface area (Å²) in [5.41, 5.74) is 3.17. The number of benzene rings is 2. The second kappa shape index (κ2) is 7.36. The number of aliphatic hydroxyl groups is 1. The van der Waals surface area contributed by atoms with Crippen LogP contribution in [-0.2, 0) is 6.42 Å². The summed E-state index contributed by atoms with van der Waals surface area (Å²) in [5, 5.41) is 15.7. The zero-order valence-electron chi connectivity index (χ0n) is 13.7. The summed E-state index contributed by atoms with van der Waals surface area (Å²) in [6.45, 7) is 2.64. The molecule has 0 spiro atoms. The highest BCUT2D eigenvalue weighted by atomic mass is 16.5. The number of aryl methyl sites for hydroxylation is 1. The number of carbonyl (C=O) groups is 1. The molecule has 5 nitrogen and oxygen atoms in total. The number of nitrogens with one attached hydrogen (secondary N) is 2. The SMILES string of the molecule is Cc1ccc2c(c1)C(NC(=O)NCC(O)Cc1ccccc1)CO2. The van der Waals surface area contributed by atoms with E-state index >= 15 is 0 Å². The van der Waals surface area contributed by atoms with Gasteiger partial charge in [-0.1, -0.05) is 48.0 Å². The number of rotatable bonds is 5. The Labute approximate surface area is 141 Å². The molecule has 2 aromatic rings. The minimum Gasteiger partial charge on any atom is -0.491 e. The average Bonchev–Trinajstić information content (AvgIpc) is 2.96. The number of amides is 2. The summed E-state index contributed by atoms with van der Waals surface area (Å²) in [7, 11) is 0. The van der Waals surface area contributed by atoms with Gasteiger partial charge in [0.1, 0.15) is 12.4 Å². The number of urea groups is 1. The van der Waals surface area contributed by atoms with Gasteiger partial charge in [-0.25, -0.2) is 4.79 Å². The Morgan fingerprint density at radius 3 is 2.88 bits per heavy atom. The monoisotopic (exact) mass is 326 g/mol. The molecule has 0 aromatic heterocycles. The van der Waals surface area contributed by atoms with Gasteiger partial charge in [0, 0.05) is 18.5 Å². The van der Waals surface area contributed by atoms with Gasteiger partial charge >= 0.3 is 6.03 Å². The molecule has 0 fully saturated rings. The van der Waals surface area contributed by atoms with E-state index in [2.05, 4.69) is 10.6 Å². The number of ether oxygens (including phenoxy) is 1. The predicted octanol–water partition coefficient (Wildman–Crippen LogP) is 2.33. The molecule has 2 unspecified atom stereocenters. The lowest BCUT2D eigenvalue weighted by atomic mass is 10.1. The van der Waals surface area contributed by atoms with Crippen LogP contribution in [0.4, 0.5) is 4.79 Å². The normalized spacial score (nSPS) is 16.8. The van der Waals surface area contributed by atoms with E-state index in [0.717, 1.165) is 22.4 Å². The molecule has 0 radical (unpaired) electrons. The molecule has 1 aliphatic heterocycles. The molecule has 3 N–H and O–H groups in total. The van der Waals surface area contributed by atoms with E-state index in [1.165, 1.54) is 0 Å². The minimum absolute atomic E-state index is 0.161. The highest BCUT2D eigenvalue weighted by Crippen LogP contribution is 2.32. The molecule has 1 heterocycles. The largest absolute Gasteiger partial charge is 0.491 e. The maximum Gasteiger partial charge on any atom is 0.315 e. The maximum atomic E-state index is 12.1. The zero-order valence-corrected chi connectivity index (χ0v) is 13.7. The topological polar surface area (TPSA) is 70.6 Å². The highest BCUT2D eigenvalue weighted by molar-refractivity contribution is 5.74. The summed E-state index contributed by atoms with van der Waals surface area (Å²) in [6, 6.07) is 15.2. The number of carbonyl (C=O) groups excluding carboxylic acids is 1. The van der Waals surface area contributed by atoms with Crippen molar-refractivity contribution in [2.45, 2.75) is 25.5 Å². The van der Waals surface area contributed by atoms with Crippen molar-refractivity contribution in [1.29, 1.82) is 0 Å². The summed E-state index contributed by atoms with van der Waals surface area (Å²) in [4.78, 5) is 12.1. The van der Waals surface area contributed by atoms with E-state index in [1.54, 1.807) is 0 Å². The van der Waals surface area contributed by atoms with Crippen molar-refractivity contribution in [1.82, 2.24) is 10.6 Å². The molecule has 2 atom stereocenters. The smallest absolute Gasteiger partial charge is 0.315 e. The summed E-state index contributed by atoms with van der Waals surface area (Å²) in [6.07, 6.45) is -0.108. The van der Waals surface area contributed by atoms with E-state index in [4.69, 9.17) is 4.74 Å². The second-order valence-electron chi connectivity index (χ2n) is 6.10. The third-order valence-corrected chi connectivity index (χ3v) is 4.06. The molecule has 0 aliphatic carbocycles. The van der Waals surface area contributed by atoms with Gasteiger partial charge in [0.2, 0.25) is 0 Å². The number of hydrogen-bond acceptors (Lipinski definition) is 3. The fourth-order valence-electron chi connectivity index (χ4n) is 2.83. The maximum absolute atomic E-state index is 12.1. The summed E-state index contributed by atoms with van der Waals surface area (Å²) in [5.74, 6) is 0.815. The molecule has 0 saturated heterocycles. The standard InChI is InChI=1S/C19H22N2O3/c1-13-7-8-18-16(9-13)17(12-24-18)21-19(23)20-11-15(22)10-14-5-3-2-4-6-14/h2-9,15,17,22H,10-12H2,1H3,(H2,20,21,23). The fourth-order valence-corrected chi connectivity index (χ4v) is 2.83. The molecular weight excluding hydrogens is 304 g/mol. The van der Waals surface area contributed by atoms with E-state index < -0.39 is 6.10 Å². The first-order valence-electron chi connectivity index (χ1n) is 8.11. The van der Waals surface area contributed by atoms with Crippen LogP contribution in [0.15, 0.2) is 48.5 Å². The van der Waals surface area contributed by atoms with Crippen molar-refractivity contribution in [2.75, 3.05) is 13.2 Å². The molecule has 0 bridgehead atoms. The van der Waals surface area contributed by atoms with Gasteiger partial charge in [-0.2, -0.15) is 0 Å². The Hall–Kier alpha value is -2.53. The first-order chi connectivity index (χ1) is 11.6. The molecule has 3 rings (SSSR count). The Balaban J connectivity index is 1.48. The third-order valence-electron chi connectivity index (χ3n) is 4.06. The van der Waals surface area contributed by atoms with Crippen LogP contribution >= 0.6 is 0 Å². The number of hydrogen-bond donors (Lipinski definition) is 3. The molecule has 126 valence electrons. The summed E-state index contributed by atoms with van der Waals surface area (Å²) < 4.78 is 5.58. The van der Waals surface area contributed by atoms with Crippen LogP contribution in [0, 0.1) is 6.92 Å². The number of fused-ring (bicyclic) bond motifs is 1. The molecule has 0 saturated carbocycles. The van der Waals surface area contributed by atoms with Gasteiger partial charge in [0.05, 0.1) is 12.1 Å². The lowest BCUT2D eigenvalue weighted by Crippen LogP contribution is -2.42. The molecule has 5 heteroatoms. The quantitative estimate of drug-likeness (QED) is 0.790. The van der Waals surface area contributed by atoms with Crippen molar-refractivity contribution >= 4 is 6.03 Å². The fraction of sp³-hybridized carbons (Fsp3) is 0.316. The first kappa shape index (κ1) is 16.3. The van der Waals surface area contributed by atoms with Crippen LogP contribution in [0.5, 0.6) is 5.75 Å². The van der Waals surface area contributed by atoms with Gasteiger partial charge in [-0.15, -0.1) is 0 Å². The molecular formula is C19H22N2O3. The lowest BCUT2D eigenvalue weighted by molar-refractivity contribution is 0.169. The van der Waals surface area contributed by atoms with Crippen LogP contribution in [-0.4, -0.2) is 30.4 Å². The lowest BCUT2D eigenvalue weighted by Gasteiger charge is -2.15. The molecule has 24 heavy (non-hydrogen) atoms. The van der Waals surface area contributed by atoms with Crippen LogP contribution < -0.4 is 15.4 Å². The molecule has 1 aliphatic rings. The van der Waals surface area contributed by atoms with Gasteiger partial charge in [-0.3, -0.25) is 0 Å². The minimum atomic E-state index is -0.618. The first-order valence-corrected chi connectivity index (χ1v) is 8.11. The van der Waals surface area contributed by atoms with E-state index in [9.17, 15) is 9.90 Å². The van der Waals surface area contributed by atoms with Gasteiger partial charge in [0.15, 0.2) is 0 Å². The predicted molar refractivity (Wildman–Crippen MR) is 92.1 cm³/mol. The van der Waals surface area contributed by atoms with Crippen molar-refractivity contribution in [3.63, 3.8) is 0 Å². The van der Waals surface area contributed by atoms with E-state index in [-0.39, 0.29) is 18.6 Å². The van der Waals surface area contributed by atoms with E-state index in [0.29, 0.717) is 13.0 Å². The second-order valence-corrected chi connectivity index (χ2v) is 6.10. The zero-order chi connectivity index (χ0) is 16.9. The molecule has 2 aromatic carbocycles. The highest BCUT2D eigenvalue weighted by Gasteiger charge is 2.25. The Morgan fingerprint density at radius 2 is 2.08 bits per heavy atom. The van der Waals surface area contributed by atoms with Crippen LogP contribution in [0.3, 0.4) is 0 Å². The van der Waals surface area contributed by atoms with Gasteiger partial charge in [0.25, 0.3) is 0 Å². The van der Waals surface area contributed by atoms with Crippen molar-refractivity contribution in [2.24, 2.45) is 0 Å². The summed E-state index contributed by atoms with van der Waals surface area (Å²) >= 11 is 0. The van der Waals surface area contributed by atoms with Crippen LogP contribution in [0.1, 0.15) is 22.7 Å². The Kier molecular flexibility index (Phi) is 5.01. The van der Waals surface area contributed by atoms with Crippen molar-refractivity contribution < 1.29 is 14.6 Å². The Morgan fingerprint density at radius 1 is 1.29 bits per heavy atom. The average molecular weight is 326 g/mol. The Bertz CT molecular complexity index is 703. The van der Waals surface area contributed by atoms with Crippen molar-refractivity contribution in [3.05, 3.63) is 65.2 Å². The van der Waals surface area contributed by atoms with E-state index in [1.807, 2.05) is 55.5 Å². The third kappa shape index (κ3) is 4.06. The van der Waals surface area contributed by atoms with Gasteiger partial charge in [-0.05, 0) is 18.6 Å². The number of aliphatic hydroxyl groups excluding tert-OH is 1. The van der Waals surface area contributed by atoms with Crippen LogP contribution in [0.25, 0.3) is 0 Å². The van der Waals surface area contributed by atoms with Gasteiger partial charge < -0.3 is 20.5 Å². The molecule has 2 amide bonds. The van der Waals surface area contributed by atoms with Crippen molar-refractivity contribution in [3.8, 4) is 5.75 Å². The van der Waals surface area contributed by atoms with Crippen LogP contribution in [0.2, 0.25) is 0 Å².